The molecule has 3 amide bonds. The number of aromatic nitrogens is 3. The van der Waals surface area contributed by atoms with Gasteiger partial charge >= 0.3 is 13.3 Å². The van der Waals surface area contributed by atoms with Crippen LogP contribution >= 0.6 is 18.9 Å². The molecular formula is C31H31F2N6O7PS. The Morgan fingerprint density at radius 2 is 1.83 bits per heavy atom. The van der Waals surface area contributed by atoms with Gasteiger partial charge in [-0.15, -0.1) is 11.3 Å². The van der Waals surface area contributed by atoms with Crippen molar-refractivity contribution in [3.05, 3.63) is 80.8 Å². The van der Waals surface area contributed by atoms with Gasteiger partial charge in [0.1, 0.15) is 12.1 Å². The molecule has 13 nitrogen and oxygen atoms in total. The maximum Gasteiger partial charge on any atom is 0.399 e. The number of rotatable bonds is 6. The lowest BCUT2D eigenvalue weighted by Gasteiger charge is -2.36. The van der Waals surface area contributed by atoms with Crippen molar-refractivity contribution in [1.82, 2.24) is 29.9 Å². The molecule has 3 aliphatic heterocycles. The molecule has 2 saturated heterocycles. The number of hydrogen-bond acceptors (Lipinski definition) is 7. The van der Waals surface area contributed by atoms with E-state index in [4.69, 9.17) is 9.79 Å². The first-order valence-corrected chi connectivity index (χ1v) is 17.9. The first-order chi connectivity index (χ1) is 22.8. The molecule has 2 fully saturated rings. The van der Waals surface area contributed by atoms with E-state index in [2.05, 4.69) is 15.4 Å². The highest BCUT2D eigenvalue weighted by molar-refractivity contribution is 7.52. The van der Waals surface area contributed by atoms with E-state index >= 15 is 0 Å². The van der Waals surface area contributed by atoms with Crippen LogP contribution in [-0.2, 0) is 32.9 Å². The fourth-order valence-electron chi connectivity index (χ4n) is 6.95. The maximum atomic E-state index is 14.3. The predicted octanol–water partition coefficient (Wildman–Crippen LogP) is 3.58. The van der Waals surface area contributed by atoms with Gasteiger partial charge in [0.15, 0.2) is 0 Å². The van der Waals surface area contributed by atoms with Crippen LogP contribution in [-0.4, -0.2) is 70.2 Å². The molecule has 3 aromatic heterocycles. The number of carbonyl (C=O) groups excluding carboxylic acids is 3. The Bertz CT molecular complexity index is 2060. The number of benzene rings is 1. The summed E-state index contributed by atoms with van der Waals surface area (Å²) in [7, 11) is -5.77. The topological polar surface area (TPSA) is 178 Å². The van der Waals surface area contributed by atoms with E-state index < -0.39 is 36.8 Å². The molecule has 0 saturated carbocycles. The number of thiophene rings is 1. The van der Waals surface area contributed by atoms with E-state index in [1.807, 2.05) is 0 Å². The molecule has 3 aliphatic rings. The average Bonchev–Trinajstić information content (AvgIpc) is 3.82. The Morgan fingerprint density at radius 3 is 2.60 bits per heavy atom. The van der Waals surface area contributed by atoms with Crippen LogP contribution in [0.1, 0.15) is 65.0 Å². The van der Waals surface area contributed by atoms with Crippen molar-refractivity contribution in [2.45, 2.75) is 75.4 Å². The van der Waals surface area contributed by atoms with Crippen LogP contribution in [0.25, 0.3) is 15.8 Å². The van der Waals surface area contributed by atoms with Crippen LogP contribution in [0.2, 0.25) is 0 Å². The van der Waals surface area contributed by atoms with Crippen molar-refractivity contribution >= 4 is 46.7 Å². The molecule has 7 rings (SSSR count). The summed E-state index contributed by atoms with van der Waals surface area (Å²) < 4.78 is 42.1. The number of hydrogen-bond donors (Lipinski definition) is 4. The van der Waals surface area contributed by atoms with Crippen LogP contribution < -0.4 is 10.9 Å². The van der Waals surface area contributed by atoms with Crippen molar-refractivity contribution in [3.63, 3.8) is 0 Å². The van der Waals surface area contributed by atoms with Crippen LogP contribution in [0, 0.1) is 0 Å². The Labute approximate surface area is 275 Å². The number of carbonyl (C=O) groups is 3. The van der Waals surface area contributed by atoms with Gasteiger partial charge in [-0.25, -0.2) is 4.68 Å². The Kier molecular flexibility index (Phi) is 8.09. The third kappa shape index (κ3) is 5.66. The molecule has 0 aliphatic carbocycles. The third-order valence-corrected chi connectivity index (χ3v) is 11.5. The minimum Gasteiger partial charge on any atom is -0.340 e. The van der Waals surface area contributed by atoms with E-state index in [0.29, 0.717) is 42.6 Å². The molecule has 0 spiro atoms. The van der Waals surface area contributed by atoms with Crippen molar-refractivity contribution < 1.29 is 37.5 Å². The van der Waals surface area contributed by atoms with Crippen LogP contribution in [0.4, 0.5) is 8.78 Å². The number of alkyl halides is 2. The average molecular weight is 701 g/mol. The highest BCUT2D eigenvalue weighted by Crippen LogP contribution is 2.59. The lowest BCUT2D eigenvalue weighted by molar-refractivity contribution is -0.147. The highest BCUT2D eigenvalue weighted by atomic mass is 32.1. The number of nitrogens with one attached hydrogen (secondary N) is 2. The van der Waals surface area contributed by atoms with Crippen molar-refractivity contribution in [3.8, 4) is 5.69 Å². The quantitative estimate of drug-likeness (QED) is 0.221. The second-order valence-corrected chi connectivity index (χ2v) is 15.1. The summed E-state index contributed by atoms with van der Waals surface area (Å²) in [6, 6.07) is 5.86. The summed E-state index contributed by atoms with van der Waals surface area (Å²) in [6.07, 6.45) is 6.94. The van der Waals surface area contributed by atoms with Gasteiger partial charge in [0.05, 0.1) is 29.0 Å². The molecule has 3 atom stereocenters. The number of halogens is 2. The predicted molar refractivity (Wildman–Crippen MR) is 170 cm³/mol. The lowest BCUT2D eigenvalue weighted by Crippen LogP contribution is -2.56. The molecule has 17 heteroatoms. The monoisotopic (exact) mass is 700 g/mol. The fraction of sp³-hybridized carbons (Fsp3) is 0.387. The van der Waals surface area contributed by atoms with Gasteiger partial charge in [0, 0.05) is 40.7 Å². The smallest absolute Gasteiger partial charge is 0.340 e. The summed E-state index contributed by atoms with van der Waals surface area (Å²) in [5.41, 5.74) is -3.32. The molecule has 0 bridgehead atoms. The van der Waals surface area contributed by atoms with Crippen LogP contribution in [0.5, 0.6) is 0 Å². The summed E-state index contributed by atoms with van der Waals surface area (Å²) in [6.45, 7) is 0.576. The normalized spacial score (nSPS) is 21.6. The minimum absolute atomic E-state index is 0.145. The van der Waals surface area contributed by atoms with Gasteiger partial charge in [-0.1, -0.05) is 18.9 Å². The number of nitrogens with zero attached hydrogens (tertiary/aromatic N) is 4. The highest BCUT2D eigenvalue weighted by Gasteiger charge is 2.50. The maximum absolute atomic E-state index is 14.3. The van der Waals surface area contributed by atoms with E-state index in [1.165, 1.54) is 24.4 Å². The minimum atomic E-state index is -5.77. The number of amides is 3. The second kappa shape index (κ2) is 12.0. The van der Waals surface area contributed by atoms with Gasteiger partial charge in [-0.3, -0.25) is 23.7 Å². The van der Waals surface area contributed by atoms with E-state index in [-0.39, 0.29) is 40.2 Å². The second-order valence-electron chi connectivity index (χ2n) is 12.4. The molecule has 6 heterocycles. The van der Waals surface area contributed by atoms with Crippen molar-refractivity contribution in [1.29, 1.82) is 0 Å². The first-order valence-electron chi connectivity index (χ1n) is 15.5. The van der Waals surface area contributed by atoms with Crippen molar-refractivity contribution in [2.75, 3.05) is 0 Å². The van der Waals surface area contributed by atoms with Gasteiger partial charge in [-0.05, 0) is 55.3 Å². The molecular weight excluding hydrogens is 669 g/mol. The summed E-state index contributed by atoms with van der Waals surface area (Å²) >= 11 is 1.01. The van der Waals surface area contributed by atoms with Crippen molar-refractivity contribution in [2.24, 2.45) is 0 Å². The van der Waals surface area contributed by atoms with E-state index in [0.717, 1.165) is 47.6 Å². The van der Waals surface area contributed by atoms with Gasteiger partial charge in [-0.2, -0.15) is 13.9 Å². The number of H-pyrrole nitrogens is 1. The zero-order chi connectivity index (χ0) is 34.0. The molecule has 0 radical (unpaired) electrons. The van der Waals surface area contributed by atoms with Gasteiger partial charge in [0.2, 0.25) is 17.4 Å². The first kappa shape index (κ1) is 32.3. The molecule has 1 aromatic carbocycles. The fourth-order valence-corrected chi connectivity index (χ4v) is 8.37. The zero-order valence-corrected chi connectivity index (χ0v) is 27.1. The summed E-state index contributed by atoms with van der Waals surface area (Å²) in [5, 5.41) is 7.41. The standard InChI is InChI=1S/C31H31F2N6O7PS/c32-31(33,47(44,45)46)19-5-8-25-17(11-19)12-26(48-25)28(41)36-22-4-2-1-3-20-6-7-23(38(20)29(22)42)30(43)37-15-18-14-35-39(24(18)16-37)21-9-10-34-27(40)13-21/h5,8-14,20,22-23H,1-4,6-7,15-16H2,(H,34,40)(H,36,41)(H2,44,45,46)/t20-,22-,23-/m0/s1. The largest absolute Gasteiger partial charge is 0.399 e. The SMILES string of the molecule is O=C(N[C@H]1CCCC[C@H]2CC[C@@H](C(=O)N3Cc4cnn(-c5cc[nH]c(=O)c5)c4C3)N2C1=O)c1cc2cc(C(F)(F)P(=O)(O)O)ccc2s1. The molecule has 4 aromatic rings. The Hall–Kier alpha value is -4.24. The Morgan fingerprint density at radius 1 is 1.04 bits per heavy atom. The number of aromatic amines is 1. The van der Waals surface area contributed by atoms with Crippen LogP contribution in [0.15, 0.2) is 53.6 Å². The van der Waals surface area contributed by atoms with Gasteiger partial charge in [0.25, 0.3) is 5.91 Å². The molecule has 48 heavy (non-hydrogen) atoms. The molecule has 4 N–H and O–H groups in total. The summed E-state index contributed by atoms with van der Waals surface area (Å²) in [4.78, 5) is 77.6. The van der Waals surface area contributed by atoms with E-state index in [1.54, 1.807) is 26.7 Å². The zero-order valence-electron chi connectivity index (χ0n) is 25.3. The molecule has 252 valence electrons. The lowest BCUT2D eigenvalue weighted by atomic mass is 9.99. The molecule has 0 unspecified atom stereocenters. The number of fused-ring (bicyclic) bond motifs is 3. The van der Waals surface area contributed by atoms with E-state index in [9.17, 15) is 32.5 Å². The third-order valence-electron chi connectivity index (χ3n) is 9.35. The Balaban J connectivity index is 1.08. The van der Waals surface area contributed by atoms with Gasteiger partial charge < -0.3 is 29.9 Å². The number of pyridine rings is 1. The summed E-state index contributed by atoms with van der Waals surface area (Å²) in [5.74, 6) is -1.13. The van der Waals surface area contributed by atoms with Crippen LogP contribution in [0.3, 0.4) is 0 Å².